The molecular weight excluding hydrogens is 342 g/mol. The molecule has 2 amide bonds. The van der Waals surface area contributed by atoms with Gasteiger partial charge in [-0.1, -0.05) is 0 Å². The van der Waals surface area contributed by atoms with Gasteiger partial charge < -0.3 is 4.57 Å². The number of carbonyl (C=O) groups is 2. The molecule has 0 fully saturated rings. The highest BCUT2D eigenvalue weighted by Crippen LogP contribution is 2.17. The molecule has 3 rings (SSSR count). The summed E-state index contributed by atoms with van der Waals surface area (Å²) in [4.78, 5) is 28.5. The Morgan fingerprint density at radius 2 is 1.81 bits per heavy atom. The molecule has 6 nitrogen and oxygen atoms in total. The number of hydrogen-bond donors (Lipinski definition) is 2. The third kappa shape index (κ3) is 3.26. The summed E-state index contributed by atoms with van der Waals surface area (Å²) < 4.78 is 28.5. The van der Waals surface area contributed by atoms with E-state index in [4.69, 9.17) is 0 Å². The Kier molecular flexibility index (Phi) is 4.66. The van der Waals surface area contributed by atoms with E-state index in [0.717, 1.165) is 30.0 Å². The predicted octanol–water partition coefficient (Wildman–Crippen LogP) is 2.72. The number of benzene rings is 2. The van der Waals surface area contributed by atoms with Gasteiger partial charge in [0.25, 0.3) is 11.8 Å². The summed E-state index contributed by atoms with van der Waals surface area (Å²) >= 11 is 0. The molecule has 0 aliphatic heterocycles. The van der Waals surface area contributed by atoms with Crippen LogP contribution in [-0.4, -0.2) is 21.4 Å². The highest BCUT2D eigenvalue weighted by molar-refractivity contribution is 6.00. The number of nitrogens with one attached hydrogen (secondary N) is 2. The van der Waals surface area contributed by atoms with E-state index in [2.05, 4.69) is 15.8 Å². The topological polar surface area (TPSA) is 76.0 Å². The Hall–Kier alpha value is -3.29. The second-order valence-electron chi connectivity index (χ2n) is 5.64. The summed E-state index contributed by atoms with van der Waals surface area (Å²) in [5.74, 6) is -2.44. The van der Waals surface area contributed by atoms with Crippen LogP contribution in [0.1, 0.15) is 33.5 Å². The molecule has 0 unspecified atom stereocenters. The summed E-state index contributed by atoms with van der Waals surface area (Å²) in [5.41, 5.74) is 5.79. The molecule has 8 heteroatoms. The lowest BCUT2D eigenvalue weighted by molar-refractivity contribution is 0.0844. The standard InChI is InChI=1S/C18H16F2N4O2/c1-3-24-10(2)21-15-8-11(4-7-16(15)24)17(25)22-23-18(26)13-6-5-12(19)9-14(13)20/h4-9H,3H2,1-2H3,(H,22,25)(H,23,26). The van der Waals surface area contributed by atoms with Crippen LogP contribution < -0.4 is 10.9 Å². The zero-order valence-corrected chi connectivity index (χ0v) is 14.1. The third-order valence-corrected chi connectivity index (χ3v) is 3.98. The largest absolute Gasteiger partial charge is 0.329 e. The minimum atomic E-state index is -1.02. The Labute approximate surface area is 147 Å². The lowest BCUT2D eigenvalue weighted by Gasteiger charge is -2.08. The number of nitrogens with zero attached hydrogens (tertiary/aromatic N) is 2. The number of carbonyl (C=O) groups excluding carboxylic acids is 2. The van der Waals surface area contributed by atoms with E-state index in [9.17, 15) is 18.4 Å². The molecule has 3 aromatic rings. The number of imidazole rings is 1. The van der Waals surface area contributed by atoms with Crippen molar-refractivity contribution in [3.05, 3.63) is 65.0 Å². The van der Waals surface area contributed by atoms with Crippen LogP contribution in [-0.2, 0) is 6.54 Å². The minimum Gasteiger partial charge on any atom is -0.329 e. The number of hydrogen-bond acceptors (Lipinski definition) is 3. The zero-order chi connectivity index (χ0) is 18.8. The Balaban J connectivity index is 1.73. The first kappa shape index (κ1) is 17.5. The van der Waals surface area contributed by atoms with Gasteiger partial charge in [0, 0.05) is 18.2 Å². The van der Waals surface area contributed by atoms with Gasteiger partial charge in [0.2, 0.25) is 0 Å². The highest BCUT2D eigenvalue weighted by atomic mass is 19.1. The van der Waals surface area contributed by atoms with Crippen molar-refractivity contribution in [3.63, 3.8) is 0 Å². The Bertz CT molecular complexity index is 1010. The fourth-order valence-electron chi connectivity index (χ4n) is 2.72. The maximum absolute atomic E-state index is 13.6. The molecule has 0 aliphatic carbocycles. The molecule has 134 valence electrons. The normalized spacial score (nSPS) is 10.8. The molecule has 0 saturated heterocycles. The second-order valence-corrected chi connectivity index (χ2v) is 5.64. The molecule has 0 spiro atoms. The van der Waals surface area contributed by atoms with Gasteiger partial charge in [-0.2, -0.15) is 0 Å². The SMILES string of the molecule is CCn1c(C)nc2cc(C(=O)NNC(=O)c3ccc(F)cc3F)ccc21. The van der Waals surface area contributed by atoms with Crippen LogP contribution >= 0.6 is 0 Å². The summed E-state index contributed by atoms with van der Waals surface area (Å²) in [6, 6.07) is 7.54. The van der Waals surface area contributed by atoms with E-state index in [0.29, 0.717) is 11.6 Å². The van der Waals surface area contributed by atoms with Crippen molar-refractivity contribution in [2.75, 3.05) is 0 Å². The first-order valence-corrected chi connectivity index (χ1v) is 7.93. The van der Waals surface area contributed by atoms with Crippen molar-refractivity contribution in [1.29, 1.82) is 0 Å². The van der Waals surface area contributed by atoms with E-state index >= 15 is 0 Å². The minimum absolute atomic E-state index is 0.290. The number of rotatable bonds is 3. The molecule has 0 aliphatic rings. The summed E-state index contributed by atoms with van der Waals surface area (Å²) in [6.45, 7) is 4.63. The lowest BCUT2D eigenvalue weighted by Crippen LogP contribution is -2.41. The van der Waals surface area contributed by atoms with E-state index in [1.807, 2.05) is 18.4 Å². The number of fused-ring (bicyclic) bond motifs is 1. The van der Waals surface area contributed by atoms with Gasteiger partial charge in [-0.25, -0.2) is 13.8 Å². The van der Waals surface area contributed by atoms with Crippen molar-refractivity contribution in [2.45, 2.75) is 20.4 Å². The number of hydrazine groups is 1. The average Bonchev–Trinajstić information content (AvgIpc) is 2.93. The average molecular weight is 358 g/mol. The first-order chi connectivity index (χ1) is 12.4. The summed E-state index contributed by atoms with van der Waals surface area (Å²) in [7, 11) is 0. The van der Waals surface area contributed by atoms with E-state index in [1.54, 1.807) is 18.2 Å². The monoisotopic (exact) mass is 358 g/mol. The Morgan fingerprint density at radius 3 is 2.50 bits per heavy atom. The maximum atomic E-state index is 13.6. The van der Waals surface area contributed by atoms with Crippen LogP contribution in [0.25, 0.3) is 11.0 Å². The number of aryl methyl sites for hydroxylation is 2. The van der Waals surface area contributed by atoms with Gasteiger partial charge >= 0.3 is 0 Å². The summed E-state index contributed by atoms with van der Waals surface area (Å²) in [6.07, 6.45) is 0. The molecule has 0 atom stereocenters. The molecular formula is C18H16F2N4O2. The molecule has 26 heavy (non-hydrogen) atoms. The number of halogens is 2. The van der Waals surface area contributed by atoms with E-state index < -0.39 is 23.4 Å². The van der Waals surface area contributed by atoms with Gasteiger partial charge in [0.1, 0.15) is 17.5 Å². The van der Waals surface area contributed by atoms with Crippen LogP contribution in [0.4, 0.5) is 8.78 Å². The molecule has 2 N–H and O–H groups in total. The molecule has 0 radical (unpaired) electrons. The molecule has 0 bridgehead atoms. The van der Waals surface area contributed by atoms with Gasteiger partial charge in [0.15, 0.2) is 0 Å². The quantitative estimate of drug-likeness (QED) is 0.707. The number of aromatic nitrogens is 2. The number of amides is 2. The fourth-order valence-corrected chi connectivity index (χ4v) is 2.72. The van der Waals surface area contributed by atoms with Crippen LogP contribution in [0, 0.1) is 18.6 Å². The van der Waals surface area contributed by atoms with E-state index in [1.165, 1.54) is 0 Å². The second kappa shape index (κ2) is 6.91. The zero-order valence-electron chi connectivity index (χ0n) is 14.1. The predicted molar refractivity (Wildman–Crippen MR) is 91.4 cm³/mol. The van der Waals surface area contributed by atoms with Crippen molar-refractivity contribution in [2.24, 2.45) is 0 Å². The lowest BCUT2D eigenvalue weighted by atomic mass is 10.2. The van der Waals surface area contributed by atoms with Crippen LogP contribution in [0.2, 0.25) is 0 Å². The van der Waals surface area contributed by atoms with Gasteiger partial charge in [-0.15, -0.1) is 0 Å². The molecule has 2 aromatic carbocycles. The van der Waals surface area contributed by atoms with Crippen molar-refractivity contribution < 1.29 is 18.4 Å². The summed E-state index contributed by atoms with van der Waals surface area (Å²) in [5, 5.41) is 0. The van der Waals surface area contributed by atoms with Crippen LogP contribution in [0.5, 0.6) is 0 Å². The molecule has 1 heterocycles. The first-order valence-electron chi connectivity index (χ1n) is 7.93. The third-order valence-electron chi connectivity index (χ3n) is 3.98. The molecule has 0 saturated carbocycles. The van der Waals surface area contributed by atoms with Gasteiger partial charge in [-0.3, -0.25) is 20.4 Å². The van der Waals surface area contributed by atoms with E-state index in [-0.39, 0.29) is 11.1 Å². The fraction of sp³-hybridized carbons (Fsp3) is 0.167. The van der Waals surface area contributed by atoms with Crippen molar-refractivity contribution in [3.8, 4) is 0 Å². The smallest absolute Gasteiger partial charge is 0.272 e. The van der Waals surface area contributed by atoms with Gasteiger partial charge in [0.05, 0.1) is 16.6 Å². The van der Waals surface area contributed by atoms with Crippen molar-refractivity contribution in [1.82, 2.24) is 20.4 Å². The molecule has 1 aromatic heterocycles. The highest BCUT2D eigenvalue weighted by Gasteiger charge is 2.15. The Morgan fingerprint density at radius 1 is 1.08 bits per heavy atom. The van der Waals surface area contributed by atoms with Crippen LogP contribution in [0.15, 0.2) is 36.4 Å². The van der Waals surface area contributed by atoms with Crippen LogP contribution in [0.3, 0.4) is 0 Å². The van der Waals surface area contributed by atoms with Gasteiger partial charge in [-0.05, 0) is 44.2 Å². The van der Waals surface area contributed by atoms with Crippen molar-refractivity contribution >= 4 is 22.8 Å². The maximum Gasteiger partial charge on any atom is 0.272 e.